The smallest absolute Gasteiger partial charge is 0.192 e. The van der Waals surface area contributed by atoms with Crippen molar-refractivity contribution in [2.45, 2.75) is 38.5 Å². The van der Waals surface area contributed by atoms with Crippen molar-refractivity contribution in [2.75, 3.05) is 13.1 Å². The van der Waals surface area contributed by atoms with Crippen molar-refractivity contribution in [3.63, 3.8) is 0 Å². The molecule has 0 amide bonds. The number of unbranched alkanes of at least 4 members (excludes halogenated alkanes) is 4. The van der Waals surface area contributed by atoms with E-state index in [9.17, 15) is 8.42 Å². The van der Waals surface area contributed by atoms with Crippen molar-refractivity contribution in [1.82, 2.24) is 0 Å². The van der Waals surface area contributed by atoms with E-state index in [-0.39, 0.29) is 0 Å². The lowest BCUT2D eigenvalue weighted by atomic mass is 10.2. The molecule has 0 fully saturated rings. The summed E-state index contributed by atoms with van der Waals surface area (Å²) < 4.78 is 23.2. The van der Waals surface area contributed by atoms with E-state index in [2.05, 4.69) is 20.1 Å². The lowest BCUT2D eigenvalue weighted by Crippen LogP contribution is -1.88. The van der Waals surface area contributed by atoms with E-state index in [0.717, 1.165) is 25.7 Å². The lowest BCUT2D eigenvalue weighted by Gasteiger charge is -1.93. The second-order valence-corrected chi connectivity index (χ2v) is 5.96. The highest BCUT2D eigenvalue weighted by Crippen LogP contribution is 2.04. The van der Waals surface area contributed by atoms with Crippen LogP contribution in [0, 0.1) is 0 Å². The van der Waals surface area contributed by atoms with Gasteiger partial charge in [-0.05, 0) is 49.6 Å². The first-order chi connectivity index (χ1) is 10.1. The predicted molar refractivity (Wildman–Crippen MR) is 82.9 cm³/mol. The molecule has 8 nitrogen and oxygen atoms in total. The van der Waals surface area contributed by atoms with Crippen LogP contribution in [0.15, 0.2) is 33.2 Å². The summed E-state index contributed by atoms with van der Waals surface area (Å²) in [6, 6.07) is 0. The van der Waals surface area contributed by atoms with Crippen molar-refractivity contribution >= 4 is 9.84 Å². The topological polar surface area (TPSA) is 132 Å². The quantitative estimate of drug-likeness (QED) is 0.229. The minimum Gasteiger partial charge on any atom is -0.220 e. The lowest BCUT2D eigenvalue weighted by molar-refractivity contribution is 0.612. The second kappa shape index (κ2) is 13.1. The van der Waals surface area contributed by atoms with Gasteiger partial charge >= 0.3 is 0 Å². The number of sulfone groups is 1. The van der Waals surface area contributed by atoms with Crippen LogP contribution in [0.2, 0.25) is 0 Å². The molecular formula is C12H20N6O2S. The van der Waals surface area contributed by atoms with E-state index in [0.29, 0.717) is 25.9 Å². The highest BCUT2D eigenvalue weighted by Gasteiger charge is 1.98. The zero-order valence-electron chi connectivity index (χ0n) is 11.9. The largest absolute Gasteiger partial charge is 0.220 e. The highest BCUT2D eigenvalue weighted by molar-refractivity contribution is 7.97. The maximum absolute atomic E-state index is 11.6. The number of rotatable bonds is 12. The van der Waals surface area contributed by atoms with E-state index >= 15 is 0 Å². The van der Waals surface area contributed by atoms with Crippen LogP contribution >= 0.6 is 0 Å². The summed E-state index contributed by atoms with van der Waals surface area (Å²) >= 11 is 0. The maximum Gasteiger partial charge on any atom is 0.192 e. The Labute approximate surface area is 124 Å². The Bertz CT molecular complexity index is 486. The van der Waals surface area contributed by atoms with Gasteiger partial charge in [0.25, 0.3) is 0 Å². The second-order valence-electron chi connectivity index (χ2n) is 4.23. The third-order valence-electron chi connectivity index (χ3n) is 2.46. The first kappa shape index (κ1) is 19.1. The van der Waals surface area contributed by atoms with Crippen LogP contribution in [-0.2, 0) is 9.84 Å². The van der Waals surface area contributed by atoms with Crippen LogP contribution in [0.4, 0.5) is 0 Å². The summed E-state index contributed by atoms with van der Waals surface area (Å²) in [7, 11) is -3.30. The predicted octanol–water partition coefficient (Wildman–Crippen LogP) is 4.39. The monoisotopic (exact) mass is 312 g/mol. The summed E-state index contributed by atoms with van der Waals surface area (Å²) in [4.78, 5) is 5.27. The van der Waals surface area contributed by atoms with E-state index in [1.165, 1.54) is 10.8 Å². The van der Waals surface area contributed by atoms with Crippen molar-refractivity contribution < 1.29 is 8.42 Å². The van der Waals surface area contributed by atoms with Gasteiger partial charge in [0, 0.05) is 33.7 Å². The Balaban J connectivity index is 3.85. The Morgan fingerprint density at radius 3 is 1.62 bits per heavy atom. The third-order valence-corrected chi connectivity index (χ3v) is 3.60. The van der Waals surface area contributed by atoms with Crippen LogP contribution in [0.3, 0.4) is 0 Å². The molecule has 0 heterocycles. The summed E-state index contributed by atoms with van der Waals surface area (Å²) in [5, 5.41) is 9.17. The summed E-state index contributed by atoms with van der Waals surface area (Å²) in [5.74, 6) is 0. The average molecular weight is 312 g/mol. The molecule has 0 saturated heterocycles. The standard InChI is InChI=1S/C12H20N6O2S/c13-17-15-9-5-1-3-7-11-21(19,20)12-8-4-2-6-10-16-18-14/h7-8,11-12H,1-6,9-10H2. The zero-order valence-corrected chi connectivity index (χ0v) is 12.7. The number of hydrogen-bond donors (Lipinski definition) is 0. The number of nitrogens with zero attached hydrogens (tertiary/aromatic N) is 6. The molecule has 0 aromatic rings. The van der Waals surface area contributed by atoms with Crippen LogP contribution in [0.1, 0.15) is 38.5 Å². The Hall–Kier alpha value is -1.95. The van der Waals surface area contributed by atoms with Gasteiger partial charge in [-0.15, -0.1) is 0 Å². The van der Waals surface area contributed by atoms with Gasteiger partial charge in [-0.3, -0.25) is 0 Å². The molecule has 0 aromatic heterocycles. The molecule has 0 radical (unpaired) electrons. The molecule has 0 aromatic carbocycles. The first-order valence-electron chi connectivity index (χ1n) is 6.72. The molecule has 0 spiro atoms. The molecule has 0 saturated carbocycles. The summed E-state index contributed by atoms with van der Waals surface area (Å²) in [5.41, 5.74) is 16.2. The highest BCUT2D eigenvalue weighted by atomic mass is 32.2. The Morgan fingerprint density at radius 1 is 0.810 bits per heavy atom. The fourth-order valence-corrected chi connectivity index (χ4v) is 2.33. The number of azide groups is 2. The molecule has 0 atom stereocenters. The molecule has 0 rings (SSSR count). The molecule has 0 bridgehead atoms. The van der Waals surface area contributed by atoms with Crippen LogP contribution in [0.5, 0.6) is 0 Å². The van der Waals surface area contributed by atoms with Gasteiger partial charge in [-0.25, -0.2) is 8.42 Å². The average Bonchev–Trinajstić information content (AvgIpc) is 2.45. The summed E-state index contributed by atoms with van der Waals surface area (Å²) in [6.45, 7) is 0.875. The van der Waals surface area contributed by atoms with Gasteiger partial charge in [0.1, 0.15) is 0 Å². The van der Waals surface area contributed by atoms with Crippen molar-refractivity contribution in [3.05, 3.63) is 43.9 Å². The molecule has 9 heteroatoms. The van der Waals surface area contributed by atoms with Gasteiger partial charge in [-0.2, -0.15) is 0 Å². The first-order valence-corrected chi connectivity index (χ1v) is 8.33. The molecule has 0 unspecified atom stereocenters. The fraction of sp³-hybridized carbons (Fsp3) is 0.667. The SMILES string of the molecule is [N-]=[N+]=NCCCCC=CS(=O)(=O)C=CCCCCN=[N+]=[N-]. The minimum atomic E-state index is -3.30. The van der Waals surface area contributed by atoms with Gasteiger partial charge < -0.3 is 0 Å². The molecule has 116 valence electrons. The minimum absolute atomic E-state index is 0.437. The number of hydrogen-bond acceptors (Lipinski definition) is 4. The molecule has 0 aliphatic heterocycles. The summed E-state index contributed by atoms with van der Waals surface area (Å²) in [6.07, 6.45) is 7.56. The molecule has 0 aliphatic rings. The van der Waals surface area contributed by atoms with Crippen molar-refractivity contribution in [1.29, 1.82) is 0 Å². The molecular weight excluding hydrogens is 292 g/mol. The van der Waals surface area contributed by atoms with Gasteiger partial charge in [-0.1, -0.05) is 22.4 Å². The van der Waals surface area contributed by atoms with Gasteiger partial charge in [0.15, 0.2) is 9.84 Å². The normalized spacial score (nSPS) is 11.4. The Kier molecular flexibility index (Phi) is 11.8. The molecule has 21 heavy (non-hydrogen) atoms. The maximum atomic E-state index is 11.6. The molecule has 0 N–H and O–H groups in total. The zero-order chi connectivity index (χ0) is 15.8. The van der Waals surface area contributed by atoms with Crippen molar-refractivity contribution in [3.8, 4) is 0 Å². The van der Waals surface area contributed by atoms with E-state index in [1.807, 2.05) is 0 Å². The fourth-order valence-electron chi connectivity index (χ4n) is 1.43. The van der Waals surface area contributed by atoms with E-state index in [1.54, 1.807) is 12.2 Å². The van der Waals surface area contributed by atoms with Crippen LogP contribution in [-0.4, -0.2) is 21.5 Å². The van der Waals surface area contributed by atoms with E-state index < -0.39 is 9.84 Å². The van der Waals surface area contributed by atoms with Gasteiger partial charge in [0.2, 0.25) is 0 Å². The van der Waals surface area contributed by atoms with E-state index in [4.69, 9.17) is 11.1 Å². The van der Waals surface area contributed by atoms with Crippen LogP contribution in [0.25, 0.3) is 20.9 Å². The molecule has 0 aliphatic carbocycles. The third kappa shape index (κ3) is 14.3. The van der Waals surface area contributed by atoms with Crippen molar-refractivity contribution in [2.24, 2.45) is 10.2 Å². The number of allylic oxidation sites excluding steroid dienone is 2. The Morgan fingerprint density at radius 2 is 1.24 bits per heavy atom. The van der Waals surface area contributed by atoms with Crippen LogP contribution < -0.4 is 0 Å². The van der Waals surface area contributed by atoms with Gasteiger partial charge in [0.05, 0.1) is 0 Å².